The quantitative estimate of drug-likeness (QED) is 0.602. The fraction of sp³-hybridized carbons (Fsp3) is 0.294. The number of anilines is 2. The van der Waals surface area contributed by atoms with E-state index in [4.69, 9.17) is 9.15 Å². The minimum absolute atomic E-state index is 0.417. The fourth-order valence-corrected chi connectivity index (χ4v) is 2.93. The summed E-state index contributed by atoms with van der Waals surface area (Å²) in [4.78, 5) is 13.9. The first-order chi connectivity index (χ1) is 12.1. The Balaban J connectivity index is 1.55. The number of hydrogen-bond acceptors (Lipinski definition) is 5. The van der Waals surface area contributed by atoms with Crippen molar-refractivity contribution in [1.29, 1.82) is 0 Å². The highest BCUT2D eigenvalue weighted by molar-refractivity contribution is 9.10. The summed E-state index contributed by atoms with van der Waals surface area (Å²) in [6.07, 6.45) is 1.46. The molecule has 0 aliphatic carbocycles. The van der Waals surface area contributed by atoms with Crippen molar-refractivity contribution in [1.82, 2.24) is 5.43 Å². The number of urea groups is 1. The summed E-state index contributed by atoms with van der Waals surface area (Å²) >= 11 is 3.49. The molecule has 0 saturated carbocycles. The number of halogens is 1. The standard InChI is InChI=1S/C17H19BrN4O3/c1-12-2-4-13(5-3-12)20-17(23)21-19-11-14-10-15(18)16(25-14)22-6-8-24-9-7-22/h2-5,10-11H,6-9H2,1H3,(H2,20,21,23)/b19-11+. The van der Waals surface area contributed by atoms with Gasteiger partial charge in [0.1, 0.15) is 0 Å². The van der Waals surface area contributed by atoms with Crippen molar-refractivity contribution in [3.8, 4) is 0 Å². The summed E-state index contributed by atoms with van der Waals surface area (Å²) in [6.45, 7) is 4.90. The van der Waals surface area contributed by atoms with Crippen molar-refractivity contribution in [3.05, 3.63) is 46.1 Å². The molecule has 2 amide bonds. The second kappa shape index (κ2) is 8.17. The number of carbonyl (C=O) groups is 1. The van der Waals surface area contributed by atoms with Crippen LogP contribution in [0.3, 0.4) is 0 Å². The van der Waals surface area contributed by atoms with E-state index in [1.807, 2.05) is 37.3 Å². The summed E-state index contributed by atoms with van der Waals surface area (Å²) < 4.78 is 12.0. The Labute approximate surface area is 154 Å². The lowest BCUT2D eigenvalue weighted by atomic mass is 10.2. The van der Waals surface area contributed by atoms with Crippen molar-refractivity contribution in [2.75, 3.05) is 36.5 Å². The lowest BCUT2D eigenvalue weighted by Gasteiger charge is -2.26. The summed E-state index contributed by atoms with van der Waals surface area (Å²) in [5, 5.41) is 6.61. The molecule has 8 heteroatoms. The molecule has 25 heavy (non-hydrogen) atoms. The molecule has 1 saturated heterocycles. The van der Waals surface area contributed by atoms with E-state index >= 15 is 0 Å². The number of rotatable bonds is 4. The van der Waals surface area contributed by atoms with Crippen molar-refractivity contribution in [2.45, 2.75) is 6.92 Å². The van der Waals surface area contributed by atoms with E-state index in [2.05, 4.69) is 36.7 Å². The molecular weight excluding hydrogens is 388 g/mol. The number of morpholine rings is 1. The lowest BCUT2D eigenvalue weighted by molar-refractivity contribution is 0.120. The van der Waals surface area contributed by atoms with Gasteiger partial charge in [0.15, 0.2) is 5.76 Å². The number of furan rings is 1. The van der Waals surface area contributed by atoms with Crippen LogP contribution in [0.25, 0.3) is 0 Å². The molecule has 1 aromatic carbocycles. The number of carbonyl (C=O) groups excluding carboxylic acids is 1. The number of aryl methyl sites for hydroxylation is 1. The van der Waals surface area contributed by atoms with Gasteiger partial charge in [-0.3, -0.25) is 0 Å². The SMILES string of the molecule is Cc1ccc(NC(=O)N/N=C/c2cc(Br)c(N3CCOCC3)o2)cc1. The van der Waals surface area contributed by atoms with E-state index in [1.54, 1.807) is 0 Å². The number of nitrogens with zero attached hydrogens (tertiary/aromatic N) is 2. The Kier molecular flexibility index (Phi) is 5.72. The molecule has 0 bridgehead atoms. The van der Waals surface area contributed by atoms with Crippen LogP contribution < -0.4 is 15.6 Å². The topological polar surface area (TPSA) is 79.1 Å². The first-order valence-corrected chi connectivity index (χ1v) is 8.70. The highest BCUT2D eigenvalue weighted by Crippen LogP contribution is 2.30. The monoisotopic (exact) mass is 406 g/mol. The second-order valence-electron chi connectivity index (χ2n) is 5.59. The smallest absolute Gasteiger partial charge is 0.339 e. The molecule has 7 nitrogen and oxygen atoms in total. The van der Waals surface area contributed by atoms with Gasteiger partial charge >= 0.3 is 6.03 Å². The van der Waals surface area contributed by atoms with E-state index in [0.29, 0.717) is 24.7 Å². The molecule has 132 valence electrons. The van der Waals surface area contributed by atoms with Gasteiger partial charge < -0.3 is 19.4 Å². The lowest BCUT2D eigenvalue weighted by Crippen LogP contribution is -2.36. The molecule has 2 heterocycles. The zero-order valence-electron chi connectivity index (χ0n) is 13.8. The summed E-state index contributed by atoms with van der Waals surface area (Å²) in [5.74, 6) is 1.29. The van der Waals surface area contributed by atoms with Crippen LogP contribution in [0.15, 0.2) is 44.3 Å². The van der Waals surface area contributed by atoms with E-state index in [1.165, 1.54) is 6.21 Å². The van der Waals surface area contributed by atoms with Gasteiger partial charge in [0.2, 0.25) is 5.88 Å². The van der Waals surface area contributed by atoms with Crippen molar-refractivity contribution < 1.29 is 13.9 Å². The van der Waals surface area contributed by atoms with E-state index in [0.717, 1.165) is 29.0 Å². The minimum atomic E-state index is -0.417. The molecule has 3 rings (SSSR count). The number of amides is 2. The first kappa shape index (κ1) is 17.5. The maximum absolute atomic E-state index is 11.8. The molecule has 0 atom stereocenters. The fourth-order valence-electron chi connectivity index (χ4n) is 2.37. The molecule has 0 unspecified atom stereocenters. The molecule has 1 aliphatic heterocycles. The third-order valence-corrected chi connectivity index (χ3v) is 4.22. The maximum atomic E-state index is 11.8. The van der Waals surface area contributed by atoms with E-state index in [-0.39, 0.29) is 0 Å². The molecule has 0 radical (unpaired) electrons. The van der Waals surface area contributed by atoms with E-state index < -0.39 is 6.03 Å². The predicted molar refractivity (Wildman–Crippen MR) is 100 cm³/mol. The molecule has 1 aromatic heterocycles. The Morgan fingerprint density at radius 3 is 2.72 bits per heavy atom. The van der Waals surface area contributed by atoms with Crippen LogP contribution >= 0.6 is 15.9 Å². The van der Waals surface area contributed by atoms with Crippen molar-refractivity contribution >= 4 is 39.7 Å². The molecule has 0 spiro atoms. The van der Waals surface area contributed by atoms with Crippen molar-refractivity contribution in [3.63, 3.8) is 0 Å². The molecular formula is C17H19BrN4O3. The Morgan fingerprint density at radius 1 is 1.28 bits per heavy atom. The molecule has 1 aliphatic rings. The van der Waals surface area contributed by atoms with Gasteiger partial charge in [0, 0.05) is 24.8 Å². The molecule has 1 fully saturated rings. The number of benzene rings is 1. The second-order valence-corrected chi connectivity index (χ2v) is 6.45. The van der Waals surface area contributed by atoms with Gasteiger partial charge in [-0.05, 0) is 35.0 Å². The van der Waals surface area contributed by atoms with Gasteiger partial charge in [-0.2, -0.15) is 5.10 Å². The number of hydrogen-bond donors (Lipinski definition) is 2. The third-order valence-electron chi connectivity index (χ3n) is 3.65. The van der Waals surface area contributed by atoms with Crippen LogP contribution in [0, 0.1) is 6.92 Å². The minimum Gasteiger partial charge on any atom is -0.438 e. The van der Waals surface area contributed by atoms with Crippen LogP contribution in [0.5, 0.6) is 0 Å². The van der Waals surface area contributed by atoms with Gasteiger partial charge in [-0.1, -0.05) is 17.7 Å². The molecule has 2 aromatic rings. The normalized spacial score (nSPS) is 14.7. The summed E-state index contributed by atoms with van der Waals surface area (Å²) in [5.41, 5.74) is 4.24. The average Bonchev–Trinajstić information content (AvgIpc) is 2.98. The van der Waals surface area contributed by atoms with Crippen LogP contribution in [0.4, 0.5) is 16.4 Å². The zero-order valence-corrected chi connectivity index (χ0v) is 15.4. The summed E-state index contributed by atoms with van der Waals surface area (Å²) in [6, 6.07) is 8.90. The Hall–Kier alpha value is -2.32. The molecule has 2 N–H and O–H groups in total. The number of hydrazone groups is 1. The van der Waals surface area contributed by atoms with Crippen LogP contribution in [-0.4, -0.2) is 38.5 Å². The van der Waals surface area contributed by atoms with Crippen LogP contribution in [0.2, 0.25) is 0 Å². The third kappa shape index (κ3) is 4.83. The maximum Gasteiger partial charge on any atom is 0.339 e. The Morgan fingerprint density at radius 2 is 2.00 bits per heavy atom. The van der Waals surface area contributed by atoms with Gasteiger partial charge in [0.25, 0.3) is 0 Å². The van der Waals surface area contributed by atoms with Gasteiger partial charge in [0.05, 0.1) is 23.9 Å². The van der Waals surface area contributed by atoms with Crippen molar-refractivity contribution in [2.24, 2.45) is 5.10 Å². The van der Waals surface area contributed by atoms with Crippen LogP contribution in [-0.2, 0) is 4.74 Å². The van der Waals surface area contributed by atoms with Crippen LogP contribution in [0.1, 0.15) is 11.3 Å². The van der Waals surface area contributed by atoms with Gasteiger partial charge in [-0.15, -0.1) is 0 Å². The predicted octanol–water partition coefficient (Wildman–Crippen LogP) is 3.34. The van der Waals surface area contributed by atoms with E-state index in [9.17, 15) is 4.79 Å². The highest BCUT2D eigenvalue weighted by atomic mass is 79.9. The highest BCUT2D eigenvalue weighted by Gasteiger charge is 2.18. The first-order valence-electron chi connectivity index (χ1n) is 7.90. The largest absolute Gasteiger partial charge is 0.438 e. The zero-order chi connectivity index (χ0) is 17.6. The number of ether oxygens (including phenoxy) is 1. The van der Waals surface area contributed by atoms with Gasteiger partial charge in [-0.25, -0.2) is 10.2 Å². The summed E-state index contributed by atoms with van der Waals surface area (Å²) in [7, 11) is 0. The number of nitrogens with one attached hydrogen (secondary N) is 2. The Bertz CT molecular complexity index is 752. The average molecular weight is 407 g/mol.